The van der Waals surface area contributed by atoms with Crippen LogP contribution >= 0.6 is 0 Å². The molecule has 0 aromatic heterocycles. The SMILES string of the molecule is CC(=O)C=C=C1C(C)(C)C[C@H](O)C[C@]1(C)O[C@@H]1O[C@H](CO[C@H]2OC[C@](O)(CO)[C@H]2O)[C@@H](O)[C@H](O)[C@H]1O. The first-order chi connectivity index (χ1) is 16.6. The van der Waals surface area contributed by atoms with Crippen molar-refractivity contribution < 1.29 is 59.5 Å². The number of hydrogen-bond donors (Lipinski definition) is 7. The van der Waals surface area contributed by atoms with E-state index in [-0.39, 0.29) is 18.8 Å². The summed E-state index contributed by atoms with van der Waals surface area (Å²) in [6.07, 6.45) is -9.58. The van der Waals surface area contributed by atoms with Gasteiger partial charge in [0, 0.05) is 18.1 Å². The molecule has 3 rings (SSSR count). The fourth-order valence-corrected chi connectivity index (χ4v) is 5.19. The molecule has 36 heavy (non-hydrogen) atoms. The van der Waals surface area contributed by atoms with E-state index < -0.39 is 79.0 Å². The molecule has 7 N–H and O–H groups in total. The minimum atomic E-state index is -1.91. The van der Waals surface area contributed by atoms with Crippen molar-refractivity contribution in [1.82, 2.24) is 0 Å². The summed E-state index contributed by atoms with van der Waals surface area (Å²) in [5.41, 5.74) is -0.245. The van der Waals surface area contributed by atoms with E-state index in [1.165, 1.54) is 13.0 Å². The van der Waals surface area contributed by atoms with Crippen molar-refractivity contribution in [2.24, 2.45) is 5.41 Å². The number of carbonyl (C=O) groups is 1. The third-order valence-electron chi connectivity index (χ3n) is 7.05. The molecule has 10 atom stereocenters. The second-order valence-electron chi connectivity index (χ2n) is 10.8. The monoisotopic (exact) mass is 518 g/mol. The van der Waals surface area contributed by atoms with Crippen LogP contribution in [0.4, 0.5) is 0 Å². The van der Waals surface area contributed by atoms with Gasteiger partial charge in [0.15, 0.2) is 18.4 Å². The highest BCUT2D eigenvalue weighted by Crippen LogP contribution is 2.48. The van der Waals surface area contributed by atoms with E-state index in [2.05, 4.69) is 5.73 Å². The van der Waals surface area contributed by atoms with Crippen molar-refractivity contribution >= 4 is 5.78 Å². The maximum Gasteiger partial charge on any atom is 0.187 e. The van der Waals surface area contributed by atoms with Crippen molar-refractivity contribution in [3.8, 4) is 0 Å². The van der Waals surface area contributed by atoms with Crippen molar-refractivity contribution in [2.45, 2.75) is 101 Å². The van der Waals surface area contributed by atoms with E-state index in [0.29, 0.717) is 12.0 Å². The summed E-state index contributed by atoms with van der Waals surface area (Å²) in [6, 6.07) is 0. The van der Waals surface area contributed by atoms with E-state index in [9.17, 15) is 40.5 Å². The van der Waals surface area contributed by atoms with Gasteiger partial charge in [-0.05, 0) is 25.7 Å². The van der Waals surface area contributed by atoms with Gasteiger partial charge in [0.05, 0.1) is 31.5 Å². The topological polar surface area (TPSA) is 196 Å². The zero-order chi connectivity index (χ0) is 27.1. The Kier molecular flexibility index (Phi) is 8.84. The number of carbonyl (C=O) groups excluding carboxylic acids is 1. The number of rotatable bonds is 7. The Morgan fingerprint density at radius 2 is 1.75 bits per heavy atom. The van der Waals surface area contributed by atoms with Gasteiger partial charge < -0.3 is 54.7 Å². The van der Waals surface area contributed by atoms with Crippen LogP contribution in [0, 0.1) is 5.41 Å². The van der Waals surface area contributed by atoms with E-state index >= 15 is 0 Å². The van der Waals surface area contributed by atoms with Gasteiger partial charge in [-0.1, -0.05) is 13.8 Å². The van der Waals surface area contributed by atoms with Crippen molar-refractivity contribution in [2.75, 3.05) is 19.8 Å². The van der Waals surface area contributed by atoms with Gasteiger partial charge in [0.1, 0.15) is 36.1 Å². The standard InChI is InChI=1S/C24H38O12/c1-12(26)5-6-15-22(2,3)7-13(27)8-23(15,4)36-20-18(30)17(29)16(28)14(35-20)9-33-21-19(31)24(32,10-25)11-34-21/h5,13-14,16-21,25,27-32H,7-11H2,1-4H3/t6?,13-,14+,16+,17-,18+,19-,20-,21-,23-,24+/m0/s1. The quantitative estimate of drug-likeness (QED) is 0.143. The Hall–Kier alpha value is -1.25. The van der Waals surface area contributed by atoms with E-state index in [1.807, 2.05) is 13.8 Å². The molecule has 0 unspecified atom stereocenters. The lowest BCUT2D eigenvalue weighted by Crippen LogP contribution is -2.62. The predicted octanol–water partition coefficient (Wildman–Crippen LogP) is -2.12. The van der Waals surface area contributed by atoms with Gasteiger partial charge in [-0.25, -0.2) is 0 Å². The summed E-state index contributed by atoms with van der Waals surface area (Å²) in [6.45, 7) is 5.19. The van der Waals surface area contributed by atoms with Gasteiger partial charge in [-0.3, -0.25) is 4.79 Å². The second-order valence-corrected chi connectivity index (χ2v) is 10.8. The summed E-state index contributed by atoms with van der Waals surface area (Å²) in [7, 11) is 0. The maximum absolute atomic E-state index is 11.6. The largest absolute Gasteiger partial charge is 0.393 e. The number of hydrogen-bond acceptors (Lipinski definition) is 12. The van der Waals surface area contributed by atoms with Crippen LogP contribution in [0.25, 0.3) is 0 Å². The van der Waals surface area contributed by atoms with Crippen LogP contribution in [0.2, 0.25) is 0 Å². The Balaban J connectivity index is 1.79. The van der Waals surface area contributed by atoms with Crippen LogP contribution in [0.15, 0.2) is 17.4 Å². The summed E-state index contributed by atoms with van der Waals surface area (Å²) < 4.78 is 22.5. The van der Waals surface area contributed by atoms with Crippen molar-refractivity contribution in [3.63, 3.8) is 0 Å². The Morgan fingerprint density at radius 3 is 2.33 bits per heavy atom. The van der Waals surface area contributed by atoms with E-state index in [4.69, 9.17) is 18.9 Å². The molecule has 0 radical (unpaired) electrons. The highest BCUT2D eigenvalue weighted by atomic mass is 16.7. The Morgan fingerprint density at radius 1 is 1.08 bits per heavy atom. The minimum Gasteiger partial charge on any atom is -0.393 e. The van der Waals surface area contributed by atoms with Crippen molar-refractivity contribution in [1.29, 1.82) is 0 Å². The van der Waals surface area contributed by atoms with Gasteiger partial charge in [-0.2, -0.15) is 0 Å². The molecule has 12 nitrogen and oxygen atoms in total. The molecule has 1 aliphatic carbocycles. The molecule has 1 saturated carbocycles. The van der Waals surface area contributed by atoms with Crippen molar-refractivity contribution in [3.05, 3.63) is 17.4 Å². The molecule has 2 saturated heterocycles. The van der Waals surface area contributed by atoms with Gasteiger partial charge in [0.25, 0.3) is 0 Å². The lowest BCUT2D eigenvalue weighted by Gasteiger charge is -2.50. The van der Waals surface area contributed by atoms with Crippen LogP contribution in [0.5, 0.6) is 0 Å². The Bertz CT molecular complexity index is 869. The lowest BCUT2D eigenvalue weighted by molar-refractivity contribution is -0.331. The van der Waals surface area contributed by atoms with E-state index in [0.717, 1.165) is 0 Å². The average Bonchev–Trinajstić information content (AvgIpc) is 3.06. The normalized spacial score (nSPS) is 44.8. The van der Waals surface area contributed by atoms with Crippen LogP contribution in [-0.2, 0) is 23.7 Å². The number of ketones is 1. The molecular formula is C24H38O12. The summed E-state index contributed by atoms with van der Waals surface area (Å²) in [5, 5.41) is 71.6. The van der Waals surface area contributed by atoms with Crippen LogP contribution < -0.4 is 0 Å². The van der Waals surface area contributed by atoms with Crippen LogP contribution in [0.1, 0.15) is 40.5 Å². The van der Waals surface area contributed by atoms with E-state index in [1.54, 1.807) is 6.92 Å². The molecule has 0 spiro atoms. The third-order valence-corrected chi connectivity index (χ3v) is 7.05. The van der Waals surface area contributed by atoms with Gasteiger partial charge in [-0.15, -0.1) is 5.73 Å². The van der Waals surface area contributed by atoms with Crippen LogP contribution in [0.3, 0.4) is 0 Å². The highest BCUT2D eigenvalue weighted by molar-refractivity contribution is 5.87. The molecular weight excluding hydrogens is 480 g/mol. The molecule has 2 aliphatic heterocycles. The predicted molar refractivity (Wildman–Crippen MR) is 121 cm³/mol. The molecule has 0 aromatic carbocycles. The molecule has 2 heterocycles. The second kappa shape index (κ2) is 10.9. The first-order valence-electron chi connectivity index (χ1n) is 11.9. The highest BCUT2D eigenvalue weighted by Gasteiger charge is 2.53. The lowest BCUT2D eigenvalue weighted by atomic mass is 9.65. The molecule has 3 fully saturated rings. The number of ether oxygens (including phenoxy) is 4. The number of aliphatic hydroxyl groups excluding tert-OH is 6. The molecule has 0 bridgehead atoms. The summed E-state index contributed by atoms with van der Waals surface area (Å²) in [4.78, 5) is 11.6. The van der Waals surface area contributed by atoms with Gasteiger partial charge in [0.2, 0.25) is 0 Å². The van der Waals surface area contributed by atoms with Gasteiger partial charge >= 0.3 is 0 Å². The smallest absolute Gasteiger partial charge is 0.187 e. The fourth-order valence-electron chi connectivity index (χ4n) is 5.19. The first kappa shape index (κ1) is 29.3. The third kappa shape index (κ3) is 5.91. The molecule has 206 valence electrons. The average molecular weight is 519 g/mol. The molecule has 0 aromatic rings. The number of aliphatic hydroxyl groups is 7. The summed E-state index contributed by atoms with van der Waals surface area (Å²) >= 11 is 0. The zero-order valence-electron chi connectivity index (χ0n) is 20.9. The molecule has 3 aliphatic rings. The Labute approximate surface area is 209 Å². The molecule has 12 heteroatoms. The molecule has 0 amide bonds. The van der Waals surface area contributed by atoms with Crippen LogP contribution in [-0.4, -0.2) is 122 Å². The fraction of sp³-hybridized carbons (Fsp3) is 0.833. The zero-order valence-corrected chi connectivity index (χ0v) is 20.9. The summed E-state index contributed by atoms with van der Waals surface area (Å²) in [5.74, 6) is -0.235. The first-order valence-corrected chi connectivity index (χ1v) is 11.9. The maximum atomic E-state index is 11.6. The minimum absolute atomic E-state index is 0.0960.